The molecule has 0 radical (unpaired) electrons. The fourth-order valence-corrected chi connectivity index (χ4v) is 1.16. The highest BCUT2D eigenvalue weighted by molar-refractivity contribution is 5.03. The predicted octanol–water partition coefficient (Wildman–Crippen LogP) is -0.255. The first-order valence-corrected chi connectivity index (χ1v) is 4.50. The first-order chi connectivity index (χ1) is 6.69. The minimum Gasteiger partial charge on any atom is -0.383 e. The average molecular weight is 198 g/mol. The van der Waals surface area contributed by atoms with Crippen LogP contribution in [0.2, 0.25) is 0 Å². The first kappa shape index (κ1) is 10.7. The lowest BCUT2D eigenvalue weighted by molar-refractivity contribution is 0.185. The summed E-state index contributed by atoms with van der Waals surface area (Å²) in [5.74, 6) is 0. The predicted molar refractivity (Wildman–Crippen MR) is 52.6 cm³/mol. The number of nitrogens with one attached hydrogen (secondary N) is 1. The van der Waals surface area contributed by atoms with E-state index in [0.29, 0.717) is 25.1 Å². The van der Waals surface area contributed by atoms with Gasteiger partial charge in [0.15, 0.2) is 0 Å². The average Bonchev–Trinajstić information content (AvgIpc) is 2.17. The van der Waals surface area contributed by atoms with Crippen LogP contribution < -0.4 is 11.2 Å². The molecule has 0 aliphatic carbocycles. The van der Waals surface area contributed by atoms with Gasteiger partial charge in [-0.2, -0.15) is 0 Å². The van der Waals surface area contributed by atoms with Gasteiger partial charge in [-0.15, -0.1) is 0 Å². The molecule has 1 heterocycles. The van der Waals surface area contributed by atoms with E-state index < -0.39 is 0 Å². The monoisotopic (exact) mass is 198 g/mol. The molecule has 0 aliphatic heterocycles. The summed E-state index contributed by atoms with van der Waals surface area (Å²) in [5, 5.41) is 0. The molecule has 0 fully saturated rings. The maximum absolute atomic E-state index is 11.3. The molecule has 0 amide bonds. The van der Waals surface area contributed by atoms with E-state index >= 15 is 0 Å². The Morgan fingerprint density at radius 3 is 2.79 bits per heavy atom. The lowest BCUT2D eigenvalue weighted by Crippen LogP contribution is -2.32. The van der Waals surface area contributed by atoms with Gasteiger partial charge in [0.05, 0.1) is 13.2 Å². The van der Waals surface area contributed by atoms with E-state index in [-0.39, 0.29) is 11.2 Å². The van der Waals surface area contributed by atoms with Crippen molar-refractivity contribution in [3.05, 3.63) is 32.6 Å². The molecular formula is C9H14N2O3. The Bertz CT molecular complexity index is 405. The van der Waals surface area contributed by atoms with Crippen LogP contribution in [0.3, 0.4) is 0 Å². The second-order valence-corrected chi connectivity index (χ2v) is 2.95. The zero-order valence-corrected chi connectivity index (χ0v) is 8.37. The Morgan fingerprint density at radius 2 is 2.21 bits per heavy atom. The van der Waals surface area contributed by atoms with Gasteiger partial charge in [0.25, 0.3) is 5.56 Å². The summed E-state index contributed by atoms with van der Waals surface area (Å²) in [6, 6.07) is 0. The summed E-state index contributed by atoms with van der Waals surface area (Å²) in [5.41, 5.74) is -0.0730. The van der Waals surface area contributed by atoms with Crippen LogP contribution in [0.25, 0.3) is 0 Å². The quantitative estimate of drug-likeness (QED) is 0.725. The van der Waals surface area contributed by atoms with Crippen molar-refractivity contribution in [3.8, 4) is 0 Å². The van der Waals surface area contributed by atoms with Gasteiger partial charge in [-0.3, -0.25) is 14.3 Å². The van der Waals surface area contributed by atoms with Crippen LogP contribution in [-0.4, -0.2) is 23.3 Å². The summed E-state index contributed by atoms with van der Waals surface area (Å²) in [6.45, 7) is 2.78. The third kappa shape index (κ3) is 2.32. The van der Waals surface area contributed by atoms with E-state index in [1.807, 2.05) is 6.92 Å². The molecule has 14 heavy (non-hydrogen) atoms. The van der Waals surface area contributed by atoms with Gasteiger partial charge in [0, 0.05) is 18.9 Å². The Morgan fingerprint density at radius 1 is 1.50 bits per heavy atom. The summed E-state index contributed by atoms with van der Waals surface area (Å²) in [4.78, 5) is 24.7. The summed E-state index contributed by atoms with van der Waals surface area (Å²) in [6.07, 6.45) is 2.20. The van der Waals surface area contributed by atoms with E-state index in [4.69, 9.17) is 4.74 Å². The van der Waals surface area contributed by atoms with Crippen molar-refractivity contribution in [3.63, 3.8) is 0 Å². The molecule has 0 aliphatic rings. The molecule has 0 bridgehead atoms. The summed E-state index contributed by atoms with van der Waals surface area (Å²) in [7, 11) is 1.57. The first-order valence-electron chi connectivity index (χ1n) is 4.50. The van der Waals surface area contributed by atoms with Crippen LogP contribution in [0.1, 0.15) is 12.5 Å². The SMILES string of the molecule is CCc1cn(CCOC)c(=O)[nH]c1=O. The number of aromatic nitrogens is 2. The fraction of sp³-hybridized carbons (Fsp3) is 0.556. The van der Waals surface area contributed by atoms with Gasteiger partial charge in [0.2, 0.25) is 0 Å². The van der Waals surface area contributed by atoms with Gasteiger partial charge in [-0.25, -0.2) is 4.79 Å². The van der Waals surface area contributed by atoms with Crippen molar-refractivity contribution >= 4 is 0 Å². The van der Waals surface area contributed by atoms with Crippen molar-refractivity contribution in [2.24, 2.45) is 0 Å². The van der Waals surface area contributed by atoms with Gasteiger partial charge in [-0.05, 0) is 6.42 Å². The molecule has 5 heteroatoms. The van der Waals surface area contributed by atoms with E-state index in [9.17, 15) is 9.59 Å². The topological polar surface area (TPSA) is 64.1 Å². The standard InChI is InChI=1S/C9H14N2O3/c1-3-7-6-11(4-5-14-2)9(13)10-8(7)12/h6H,3-5H2,1-2H3,(H,10,12,13). The lowest BCUT2D eigenvalue weighted by atomic mass is 10.3. The molecule has 0 aromatic carbocycles. The number of H-pyrrole nitrogens is 1. The molecule has 0 saturated carbocycles. The number of nitrogens with zero attached hydrogens (tertiary/aromatic N) is 1. The summed E-state index contributed by atoms with van der Waals surface area (Å²) < 4.78 is 6.30. The van der Waals surface area contributed by atoms with E-state index in [2.05, 4.69) is 4.98 Å². The van der Waals surface area contributed by atoms with Crippen molar-refractivity contribution in [1.82, 2.24) is 9.55 Å². The van der Waals surface area contributed by atoms with Gasteiger partial charge < -0.3 is 4.74 Å². The minimum atomic E-state index is -0.385. The third-order valence-electron chi connectivity index (χ3n) is 2.00. The molecule has 1 rings (SSSR count). The number of hydrogen-bond acceptors (Lipinski definition) is 3. The highest BCUT2D eigenvalue weighted by Crippen LogP contribution is 1.88. The van der Waals surface area contributed by atoms with Crippen molar-refractivity contribution in [2.45, 2.75) is 19.9 Å². The normalized spacial score (nSPS) is 10.4. The molecular weight excluding hydrogens is 184 g/mol. The maximum atomic E-state index is 11.3. The largest absolute Gasteiger partial charge is 0.383 e. The number of rotatable bonds is 4. The zero-order valence-electron chi connectivity index (χ0n) is 8.37. The Labute approximate surface area is 81.3 Å². The Hall–Kier alpha value is -1.36. The van der Waals surface area contributed by atoms with E-state index in [1.54, 1.807) is 13.3 Å². The van der Waals surface area contributed by atoms with Gasteiger partial charge in [0.1, 0.15) is 0 Å². The molecule has 1 aromatic heterocycles. The highest BCUT2D eigenvalue weighted by atomic mass is 16.5. The van der Waals surface area contributed by atoms with Gasteiger partial charge in [-0.1, -0.05) is 6.92 Å². The van der Waals surface area contributed by atoms with Crippen molar-refractivity contribution in [1.29, 1.82) is 0 Å². The van der Waals surface area contributed by atoms with E-state index in [0.717, 1.165) is 0 Å². The molecule has 1 N–H and O–H groups in total. The number of hydrogen-bond donors (Lipinski definition) is 1. The molecule has 0 spiro atoms. The highest BCUT2D eigenvalue weighted by Gasteiger charge is 2.01. The molecule has 0 saturated heterocycles. The second-order valence-electron chi connectivity index (χ2n) is 2.95. The molecule has 0 unspecified atom stereocenters. The number of methoxy groups -OCH3 is 1. The minimum absolute atomic E-state index is 0.300. The molecule has 78 valence electrons. The van der Waals surface area contributed by atoms with Crippen LogP contribution in [0.5, 0.6) is 0 Å². The van der Waals surface area contributed by atoms with Crippen LogP contribution in [0.4, 0.5) is 0 Å². The van der Waals surface area contributed by atoms with Crippen LogP contribution in [0.15, 0.2) is 15.8 Å². The van der Waals surface area contributed by atoms with E-state index in [1.165, 1.54) is 4.57 Å². The van der Waals surface area contributed by atoms with Crippen LogP contribution in [-0.2, 0) is 17.7 Å². The lowest BCUT2D eigenvalue weighted by Gasteiger charge is -2.05. The van der Waals surface area contributed by atoms with Crippen molar-refractivity contribution < 1.29 is 4.74 Å². The van der Waals surface area contributed by atoms with Crippen LogP contribution >= 0.6 is 0 Å². The maximum Gasteiger partial charge on any atom is 0.328 e. The number of aryl methyl sites for hydroxylation is 1. The molecule has 0 atom stereocenters. The zero-order chi connectivity index (χ0) is 10.6. The van der Waals surface area contributed by atoms with Crippen LogP contribution in [0, 0.1) is 0 Å². The Balaban J connectivity index is 3.05. The second kappa shape index (κ2) is 4.76. The molecule has 5 nitrogen and oxygen atoms in total. The van der Waals surface area contributed by atoms with Crippen molar-refractivity contribution in [2.75, 3.05) is 13.7 Å². The Kier molecular flexibility index (Phi) is 3.64. The molecule has 1 aromatic rings. The number of ether oxygens (including phenoxy) is 1. The third-order valence-corrected chi connectivity index (χ3v) is 2.00. The fourth-order valence-electron chi connectivity index (χ4n) is 1.16. The summed E-state index contributed by atoms with van der Waals surface area (Å²) >= 11 is 0. The van der Waals surface area contributed by atoms with Gasteiger partial charge >= 0.3 is 5.69 Å². The smallest absolute Gasteiger partial charge is 0.328 e. The number of aromatic amines is 1.